The van der Waals surface area contributed by atoms with Crippen molar-refractivity contribution in [1.82, 2.24) is 4.58 Å². The number of benzene rings is 2. The predicted molar refractivity (Wildman–Crippen MR) is 112 cm³/mol. The molecule has 0 amide bonds. The molecule has 0 heterocycles. The van der Waals surface area contributed by atoms with E-state index in [1.165, 1.54) is 40.8 Å². The van der Waals surface area contributed by atoms with Gasteiger partial charge in [-0.15, -0.1) is 4.58 Å². The second kappa shape index (κ2) is 10.8. The summed E-state index contributed by atoms with van der Waals surface area (Å²) in [6.07, 6.45) is 6.06. The van der Waals surface area contributed by atoms with E-state index in [2.05, 4.69) is 78.4 Å². The molecule has 2 aromatic carbocycles. The Kier molecular flexibility index (Phi) is 8.72. The minimum atomic E-state index is 1.21. The van der Waals surface area contributed by atoms with Crippen LogP contribution >= 0.6 is 33.3 Å². The molecular weight excluding hydrogens is 338 g/mol. The van der Waals surface area contributed by atoms with E-state index in [0.29, 0.717) is 0 Å². The fourth-order valence-corrected chi connectivity index (χ4v) is 5.81. The summed E-state index contributed by atoms with van der Waals surface area (Å²) in [5, 5.41) is 0. The summed E-state index contributed by atoms with van der Waals surface area (Å²) in [4.78, 5) is 0. The molecule has 0 aliphatic heterocycles. The summed E-state index contributed by atoms with van der Waals surface area (Å²) in [6.45, 7) is 2.25. The highest BCUT2D eigenvalue weighted by Crippen LogP contribution is 2.33. The molecule has 0 saturated heterocycles. The molecule has 0 aromatic heterocycles. The molecule has 0 fully saturated rings. The van der Waals surface area contributed by atoms with Crippen LogP contribution in [0.3, 0.4) is 0 Å². The SMILES string of the molecule is CCCCCSSC(SC)=[N+](c1ccccc1)c1ccccc1. The smallest absolute Gasteiger partial charge is 0.142 e. The van der Waals surface area contributed by atoms with Crippen LogP contribution in [0.2, 0.25) is 0 Å². The van der Waals surface area contributed by atoms with E-state index in [0.717, 1.165) is 0 Å². The molecule has 0 N–H and O–H groups in total. The lowest BCUT2D eigenvalue weighted by molar-refractivity contribution is 0.780. The molecule has 0 atom stereocenters. The average Bonchev–Trinajstić information content (AvgIpc) is 2.62. The van der Waals surface area contributed by atoms with Gasteiger partial charge in [-0.2, -0.15) is 0 Å². The predicted octanol–water partition coefficient (Wildman–Crippen LogP) is 6.81. The maximum atomic E-state index is 2.35. The maximum Gasteiger partial charge on any atom is 0.292 e. The first kappa shape index (κ1) is 18.5. The zero-order valence-electron chi connectivity index (χ0n) is 13.8. The maximum absolute atomic E-state index is 2.35. The number of hydrogen-bond donors (Lipinski definition) is 0. The topological polar surface area (TPSA) is 3.01 Å². The van der Waals surface area contributed by atoms with Crippen molar-refractivity contribution in [2.45, 2.75) is 26.2 Å². The molecule has 23 heavy (non-hydrogen) atoms. The van der Waals surface area contributed by atoms with Crippen LogP contribution in [0.5, 0.6) is 0 Å². The third-order valence-electron chi connectivity index (χ3n) is 3.35. The highest BCUT2D eigenvalue weighted by atomic mass is 33.1. The first-order valence-electron chi connectivity index (χ1n) is 7.97. The van der Waals surface area contributed by atoms with Crippen LogP contribution in [0, 0.1) is 0 Å². The molecule has 122 valence electrons. The van der Waals surface area contributed by atoms with Crippen molar-refractivity contribution in [2.75, 3.05) is 12.0 Å². The Bertz CT molecular complexity index is 555. The molecule has 0 radical (unpaired) electrons. The van der Waals surface area contributed by atoms with Crippen molar-refractivity contribution >= 4 is 49.1 Å². The van der Waals surface area contributed by atoms with Gasteiger partial charge in [0.25, 0.3) is 4.38 Å². The first-order valence-corrected chi connectivity index (χ1v) is 11.5. The van der Waals surface area contributed by atoms with Crippen LogP contribution < -0.4 is 4.58 Å². The summed E-state index contributed by atoms with van der Waals surface area (Å²) in [7, 11) is 3.85. The van der Waals surface area contributed by atoms with E-state index >= 15 is 0 Å². The van der Waals surface area contributed by atoms with Crippen LogP contribution in [0.25, 0.3) is 0 Å². The van der Waals surface area contributed by atoms with Crippen molar-refractivity contribution in [1.29, 1.82) is 0 Å². The lowest BCUT2D eigenvalue weighted by Crippen LogP contribution is -2.10. The molecule has 0 bridgehead atoms. The van der Waals surface area contributed by atoms with Gasteiger partial charge in [0.1, 0.15) is 0 Å². The Balaban J connectivity index is 2.26. The van der Waals surface area contributed by atoms with Crippen molar-refractivity contribution in [3.05, 3.63) is 60.7 Å². The Labute approximate surface area is 152 Å². The van der Waals surface area contributed by atoms with Gasteiger partial charge in [0, 0.05) is 40.8 Å². The van der Waals surface area contributed by atoms with Gasteiger partial charge in [-0.3, -0.25) is 0 Å². The minimum Gasteiger partial charge on any atom is -0.142 e. The molecule has 0 aliphatic rings. The van der Waals surface area contributed by atoms with Gasteiger partial charge < -0.3 is 0 Å². The summed E-state index contributed by atoms with van der Waals surface area (Å²) in [6, 6.07) is 21.2. The van der Waals surface area contributed by atoms with E-state index in [4.69, 9.17) is 0 Å². The molecule has 2 aromatic rings. The Morgan fingerprint density at radius 2 is 1.43 bits per heavy atom. The number of nitrogens with zero attached hydrogens (tertiary/aromatic N) is 1. The van der Waals surface area contributed by atoms with Crippen LogP contribution in [0.1, 0.15) is 26.2 Å². The number of unbranched alkanes of at least 4 members (excludes halogenated alkanes) is 2. The van der Waals surface area contributed by atoms with Gasteiger partial charge in [-0.25, -0.2) is 0 Å². The fraction of sp³-hybridized carbons (Fsp3) is 0.316. The summed E-state index contributed by atoms with van der Waals surface area (Å²) < 4.78 is 3.66. The van der Waals surface area contributed by atoms with E-state index < -0.39 is 0 Å². The lowest BCUT2D eigenvalue weighted by Gasteiger charge is -2.07. The van der Waals surface area contributed by atoms with Gasteiger partial charge in [-0.05, 0) is 12.7 Å². The standard InChI is InChI=1S/C19H24NS3/c1-3-4-11-16-22-23-19(21-2)20(17-12-7-5-8-13-17)18-14-9-6-10-15-18/h5-10,12-15H,3-4,11,16H2,1-2H3/q+1. The molecule has 2 rings (SSSR count). The largest absolute Gasteiger partial charge is 0.292 e. The number of rotatable bonds is 7. The van der Waals surface area contributed by atoms with Crippen molar-refractivity contribution in [2.24, 2.45) is 0 Å². The molecule has 0 unspecified atom stereocenters. The third kappa shape index (κ3) is 5.94. The number of hydrogen-bond acceptors (Lipinski definition) is 3. The van der Waals surface area contributed by atoms with Gasteiger partial charge in [0.05, 0.1) is 0 Å². The number of para-hydroxylation sites is 2. The van der Waals surface area contributed by atoms with Gasteiger partial charge >= 0.3 is 0 Å². The van der Waals surface area contributed by atoms with Gasteiger partial charge in [-0.1, -0.05) is 78.7 Å². The minimum absolute atomic E-state index is 1.21. The number of thioether (sulfide) groups is 1. The average molecular weight is 363 g/mol. The third-order valence-corrected chi connectivity index (χ3v) is 7.17. The van der Waals surface area contributed by atoms with Crippen molar-refractivity contribution < 1.29 is 0 Å². The normalized spacial score (nSPS) is 10.5. The second-order valence-corrected chi connectivity index (χ2v) is 8.55. The quantitative estimate of drug-likeness (QED) is 0.175. The lowest BCUT2D eigenvalue weighted by atomic mass is 10.2. The fourth-order valence-electron chi connectivity index (χ4n) is 2.18. The molecule has 1 nitrogen and oxygen atoms in total. The zero-order valence-corrected chi connectivity index (χ0v) is 16.2. The Morgan fingerprint density at radius 3 is 1.91 bits per heavy atom. The summed E-state index contributed by atoms with van der Waals surface area (Å²) in [5.74, 6) is 1.21. The Hall–Kier alpha value is -0.840. The van der Waals surface area contributed by atoms with E-state index in [-0.39, 0.29) is 0 Å². The van der Waals surface area contributed by atoms with Crippen LogP contribution in [-0.4, -0.2) is 16.4 Å². The van der Waals surface area contributed by atoms with E-state index in [9.17, 15) is 0 Å². The van der Waals surface area contributed by atoms with Crippen molar-refractivity contribution in [3.63, 3.8) is 0 Å². The summed E-state index contributed by atoms with van der Waals surface area (Å²) >= 11 is 1.82. The zero-order chi connectivity index (χ0) is 16.3. The molecular formula is C19H24NS3+. The Morgan fingerprint density at radius 1 is 0.870 bits per heavy atom. The molecule has 0 saturated carbocycles. The highest BCUT2D eigenvalue weighted by molar-refractivity contribution is 8.86. The summed E-state index contributed by atoms with van der Waals surface area (Å²) in [5.41, 5.74) is 2.43. The second-order valence-electron chi connectivity index (χ2n) is 5.09. The highest BCUT2D eigenvalue weighted by Gasteiger charge is 2.20. The van der Waals surface area contributed by atoms with Crippen molar-refractivity contribution in [3.8, 4) is 0 Å². The van der Waals surface area contributed by atoms with Crippen LogP contribution in [0.15, 0.2) is 60.7 Å². The van der Waals surface area contributed by atoms with Crippen LogP contribution in [0.4, 0.5) is 11.4 Å². The van der Waals surface area contributed by atoms with Gasteiger partial charge in [0.2, 0.25) is 11.4 Å². The molecule has 0 aliphatic carbocycles. The monoisotopic (exact) mass is 362 g/mol. The molecule has 4 heteroatoms. The first-order chi connectivity index (χ1) is 11.4. The van der Waals surface area contributed by atoms with Gasteiger partial charge in [0.15, 0.2) is 0 Å². The van der Waals surface area contributed by atoms with E-state index in [1.54, 1.807) is 0 Å². The van der Waals surface area contributed by atoms with Crippen LogP contribution in [-0.2, 0) is 0 Å². The molecule has 0 spiro atoms. The van der Waals surface area contributed by atoms with E-state index in [1.807, 2.05) is 33.3 Å².